The van der Waals surface area contributed by atoms with Crippen LogP contribution in [0.2, 0.25) is 0 Å². The standard InChI is InChI=1S/C20H22FN5O5S/c1-30-16(27)10-24-18(28)11-4-6-26(7-5-11)20-25-9-15(32-20)19(29)31-14-3-2-12(17(22)23)8-13(14)21/h2-3,8-9,11H,4-7,10H2,1H3,(H3,22,23)(H,24,28). The molecule has 0 radical (unpaired) electrons. The molecule has 2 heterocycles. The summed E-state index contributed by atoms with van der Waals surface area (Å²) in [5.41, 5.74) is 5.50. The Labute approximate surface area is 187 Å². The van der Waals surface area contributed by atoms with Gasteiger partial charge in [-0.25, -0.2) is 14.2 Å². The first-order chi connectivity index (χ1) is 15.3. The van der Waals surface area contributed by atoms with E-state index < -0.39 is 17.8 Å². The molecule has 1 saturated heterocycles. The number of aromatic nitrogens is 1. The lowest BCUT2D eigenvalue weighted by atomic mass is 9.96. The number of ether oxygens (including phenoxy) is 2. The van der Waals surface area contributed by atoms with Crippen molar-refractivity contribution >= 4 is 40.1 Å². The normalized spacial score (nSPS) is 14.0. The van der Waals surface area contributed by atoms with Crippen molar-refractivity contribution in [1.29, 1.82) is 5.41 Å². The number of halogens is 1. The fraction of sp³-hybridized carbons (Fsp3) is 0.350. The fourth-order valence-corrected chi connectivity index (χ4v) is 3.96. The first kappa shape index (κ1) is 23.1. The maximum absolute atomic E-state index is 14.1. The van der Waals surface area contributed by atoms with Crippen LogP contribution in [0.5, 0.6) is 5.75 Å². The third kappa shape index (κ3) is 5.58. The maximum atomic E-state index is 14.1. The van der Waals surface area contributed by atoms with Crippen molar-refractivity contribution in [3.05, 3.63) is 40.7 Å². The van der Waals surface area contributed by atoms with Crippen molar-refractivity contribution in [2.24, 2.45) is 11.7 Å². The van der Waals surface area contributed by atoms with E-state index in [1.54, 1.807) is 0 Å². The summed E-state index contributed by atoms with van der Waals surface area (Å²) in [5.74, 6) is -3.04. The summed E-state index contributed by atoms with van der Waals surface area (Å²) < 4.78 is 23.7. The van der Waals surface area contributed by atoms with Gasteiger partial charge in [-0.3, -0.25) is 15.0 Å². The number of nitrogens with two attached hydrogens (primary N) is 1. The van der Waals surface area contributed by atoms with Crippen LogP contribution in [0.1, 0.15) is 28.1 Å². The molecule has 32 heavy (non-hydrogen) atoms. The molecule has 1 aliphatic heterocycles. The molecular weight excluding hydrogens is 441 g/mol. The lowest BCUT2D eigenvalue weighted by Gasteiger charge is -2.30. The minimum atomic E-state index is -0.802. The topological polar surface area (TPSA) is 148 Å². The van der Waals surface area contributed by atoms with Gasteiger partial charge in [0.25, 0.3) is 0 Å². The Balaban J connectivity index is 1.55. The zero-order chi connectivity index (χ0) is 23.3. The van der Waals surface area contributed by atoms with Gasteiger partial charge in [-0.1, -0.05) is 11.3 Å². The van der Waals surface area contributed by atoms with Crippen LogP contribution in [0, 0.1) is 17.1 Å². The number of hydrogen-bond donors (Lipinski definition) is 3. The number of benzene rings is 1. The smallest absolute Gasteiger partial charge is 0.355 e. The quantitative estimate of drug-likeness (QED) is 0.241. The number of esters is 2. The van der Waals surface area contributed by atoms with E-state index in [-0.39, 0.29) is 40.4 Å². The number of thiazole rings is 1. The molecule has 1 aromatic carbocycles. The fourth-order valence-electron chi connectivity index (χ4n) is 3.12. The van der Waals surface area contributed by atoms with Gasteiger partial charge >= 0.3 is 11.9 Å². The molecule has 1 aliphatic rings. The van der Waals surface area contributed by atoms with Gasteiger partial charge in [0, 0.05) is 24.6 Å². The molecule has 0 atom stereocenters. The number of rotatable bonds is 7. The second kappa shape index (κ2) is 10.2. The molecule has 10 nitrogen and oxygen atoms in total. The molecule has 0 saturated carbocycles. The largest absolute Gasteiger partial charge is 0.468 e. The molecule has 0 aliphatic carbocycles. The van der Waals surface area contributed by atoms with Gasteiger partial charge in [0.15, 0.2) is 16.7 Å². The van der Waals surface area contributed by atoms with E-state index >= 15 is 0 Å². The van der Waals surface area contributed by atoms with Gasteiger partial charge < -0.3 is 25.4 Å². The molecule has 2 aromatic rings. The highest BCUT2D eigenvalue weighted by molar-refractivity contribution is 7.17. The van der Waals surface area contributed by atoms with E-state index in [1.165, 1.54) is 25.4 Å². The zero-order valence-electron chi connectivity index (χ0n) is 17.2. The third-order valence-corrected chi connectivity index (χ3v) is 5.95. The van der Waals surface area contributed by atoms with Crippen LogP contribution in [0.15, 0.2) is 24.4 Å². The number of piperidine rings is 1. The van der Waals surface area contributed by atoms with Crippen LogP contribution < -0.4 is 20.7 Å². The van der Waals surface area contributed by atoms with Gasteiger partial charge in [0.2, 0.25) is 5.91 Å². The number of hydrogen-bond acceptors (Lipinski definition) is 9. The predicted molar refractivity (Wildman–Crippen MR) is 114 cm³/mol. The summed E-state index contributed by atoms with van der Waals surface area (Å²) in [7, 11) is 1.26. The molecule has 3 rings (SSSR count). The molecule has 0 unspecified atom stereocenters. The lowest BCUT2D eigenvalue weighted by molar-refractivity contribution is -0.141. The van der Waals surface area contributed by atoms with Gasteiger partial charge in [-0.2, -0.15) is 0 Å². The number of nitrogens with one attached hydrogen (secondary N) is 2. The van der Waals surface area contributed by atoms with Crippen molar-refractivity contribution in [2.45, 2.75) is 12.8 Å². The van der Waals surface area contributed by atoms with Crippen molar-refractivity contribution in [3.8, 4) is 5.75 Å². The maximum Gasteiger partial charge on any atom is 0.355 e. The van der Waals surface area contributed by atoms with E-state index in [2.05, 4.69) is 15.0 Å². The summed E-state index contributed by atoms with van der Waals surface area (Å²) in [5, 5.41) is 10.5. The monoisotopic (exact) mass is 463 g/mol. The van der Waals surface area contributed by atoms with Crippen LogP contribution in [0.3, 0.4) is 0 Å². The second-order valence-corrected chi connectivity index (χ2v) is 8.02. The number of carbonyl (C=O) groups excluding carboxylic acids is 3. The Morgan fingerprint density at radius 2 is 2.06 bits per heavy atom. The van der Waals surface area contributed by atoms with Crippen molar-refractivity contribution in [1.82, 2.24) is 10.3 Å². The SMILES string of the molecule is COC(=O)CNC(=O)C1CCN(c2ncc(C(=O)Oc3ccc(C(=N)N)cc3F)s2)CC1. The molecular formula is C20H22FN5O5S. The highest BCUT2D eigenvalue weighted by Crippen LogP contribution is 2.29. The number of nitrogen functional groups attached to an aromatic ring is 1. The summed E-state index contributed by atoms with van der Waals surface area (Å²) in [6.07, 6.45) is 2.50. The molecule has 1 amide bonds. The molecule has 1 aromatic heterocycles. The molecule has 0 spiro atoms. The Kier molecular flexibility index (Phi) is 7.36. The van der Waals surface area contributed by atoms with E-state index in [0.717, 1.165) is 17.4 Å². The zero-order valence-corrected chi connectivity index (χ0v) is 18.0. The Morgan fingerprint density at radius 3 is 2.69 bits per heavy atom. The average Bonchev–Trinajstić information content (AvgIpc) is 3.29. The highest BCUT2D eigenvalue weighted by atomic mass is 32.1. The van der Waals surface area contributed by atoms with Gasteiger partial charge in [-0.15, -0.1) is 0 Å². The minimum absolute atomic E-state index is 0.161. The van der Waals surface area contributed by atoms with Crippen molar-refractivity contribution in [3.63, 3.8) is 0 Å². The van der Waals surface area contributed by atoms with Crippen molar-refractivity contribution in [2.75, 3.05) is 31.6 Å². The van der Waals surface area contributed by atoms with Gasteiger partial charge in [0.1, 0.15) is 17.3 Å². The van der Waals surface area contributed by atoms with Crippen LogP contribution in [0.4, 0.5) is 9.52 Å². The molecule has 170 valence electrons. The van der Waals surface area contributed by atoms with E-state index in [0.29, 0.717) is 31.1 Å². The first-order valence-corrected chi connectivity index (χ1v) is 10.5. The average molecular weight is 463 g/mol. The lowest BCUT2D eigenvalue weighted by Crippen LogP contribution is -2.42. The Bertz CT molecular complexity index is 1040. The number of carbonyl (C=O) groups is 3. The Morgan fingerprint density at radius 1 is 1.34 bits per heavy atom. The Hall–Kier alpha value is -3.54. The van der Waals surface area contributed by atoms with Crippen LogP contribution in [-0.4, -0.2) is 55.4 Å². The van der Waals surface area contributed by atoms with Crippen LogP contribution >= 0.6 is 11.3 Å². The number of anilines is 1. The van der Waals surface area contributed by atoms with E-state index in [9.17, 15) is 18.8 Å². The van der Waals surface area contributed by atoms with Gasteiger partial charge in [-0.05, 0) is 31.0 Å². The highest BCUT2D eigenvalue weighted by Gasteiger charge is 2.27. The summed E-state index contributed by atoms with van der Waals surface area (Å²) in [4.78, 5) is 42.1. The number of nitrogens with zero attached hydrogens (tertiary/aromatic N) is 2. The summed E-state index contributed by atoms with van der Waals surface area (Å²) in [6, 6.07) is 3.65. The first-order valence-electron chi connectivity index (χ1n) is 9.70. The number of amidine groups is 1. The van der Waals surface area contributed by atoms with E-state index in [4.69, 9.17) is 15.9 Å². The number of amides is 1. The van der Waals surface area contributed by atoms with Crippen LogP contribution in [-0.2, 0) is 14.3 Å². The summed E-state index contributed by atoms with van der Waals surface area (Å²) in [6.45, 7) is 0.949. The molecule has 12 heteroatoms. The van der Waals surface area contributed by atoms with Crippen molar-refractivity contribution < 1.29 is 28.2 Å². The molecule has 1 fully saturated rings. The molecule has 0 bridgehead atoms. The number of methoxy groups -OCH3 is 1. The van der Waals surface area contributed by atoms with Gasteiger partial charge in [0.05, 0.1) is 13.3 Å². The summed E-state index contributed by atoms with van der Waals surface area (Å²) >= 11 is 1.11. The molecule has 4 N–H and O–H groups in total. The predicted octanol–water partition coefficient (Wildman–Crippen LogP) is 1.29. The van der Waals surface area contributed by atoms with E-state index in [1.807, 2.05) is 4.90 Å². The second-order valence-electron chi connectivity index (χ2n) is 7.01. The van der Waals surface area contributed by atoms with Crippen LogP contribution in [0.25, 0.3) is 0 Å². The minimum Gasteiger partial charge on any atom is -0.468 e. The third-order valence-electron chi connectivity index (χ3n) is 4.91.